The van der Waals surface area contributed by atoms with Crippen LogP contribution in [0.15, 0.2) is 29.2 Å². The minimum Gasteiger partial charge on any atom is -0.497 e. The van der Waals surface area contributed by atoms with Gasteiger partial charge in [0.15, 0.2) is 0 Å². The van der Waals surface area contributed by atoms with E-state index in [1.165, 1.54) is 24.5 Å². The molecule has 6 heteroatoms. The van der Waals surface area contributed by atoms with E-state index in [1.807, 2.05) is 0 Å². The molecule has 5 nitrogen and oxygen atoms in total. The average molecular weight is 299 g/mol. The van der Waals surface area contributed by atoms with Crippen molar-refractivity contribution in [3.63, 3.8) is 0 Å². The summed E-state index contributed by atoms with van der Waals surface area (Å²) in [7, 11) is -0.575. The lowest BCUT2D eigenvalue weighted by Crippen LogP contribution is -2.46. The number of aliphatic hydroxyl groups is 1. The molecule has 1 fully saturated rings. The molecule has 1 aromatic rings. The van der Waals surface area contributed by atoms with Crippen molar-refractivity contribution >= 4 is 10.0 Å². The summed E-state index contributed by atoms with van der Waals surface area (Å²) in [5.41, 5.74) is 0. The maximum absolute atomic E-state index is 12.6. The van der Waals surface area contributed by atoms with Crippen LogP contribution in [-0.4, -0.2) is 44.1 Å². The minimum atomic E-state index is -3.61. The van der Waals surface area contributed by atoms with E-state index in [4.69, 9.17) is 4.74 Å². The number of benzene rings is 1. The van der Waals surface area contributed by atoms with Crippen LogP contribution in [0.25, 0.3) is 0 Å². The summed E-state index contributed by atoms with van der Waals surface area (Å²) >= 11 is 0. The molecular weight excluding hydrogens is 278 g/mol. The van der Waals surface area contributed by atoms with Crippen molar-refractivity contribution in [3.05, 3.63) is 24.3 Å². The topological polar surface area (TPSA) is 66.8 Å². The molecule has 2 rings (SSSR count). The monoisotopic (exact) mass is 299 g/mol. The molecule has 0 heterocycles. The Hall–Kier alpha value is -1.11. The van der Waals surface area contributed by atoms with Gasteiger partial charge in [0, 0.05) is 13.1 Å². The Bertz CT molecular complexity index is 558. The molecule has 1 aromatic carbocycles. The normalized spacial score (nSPS) is 23.8. The summed E-state index contributed by atoms with van der Waals surface area (Å²) in [4.78, 5) is 0.192. The highest BCUT2D eigenvalue weighted by atomic mass is 32.2. The molecule has 1 N–H and O–H groups in total. The highest BCUT2D eigenvalue weighted by Gasteiger charge is 2.34. The van der Waals surface area contributed by atoms with Gasteiger partial charge in [0.05, 0.1) is 24.2 Å². The van der Waals surface area contributed by atoms with Crippen LogP contribution >= 0.6 is 0 Å². The maximum Gasteiger partial charge on any atom is 0.243 e. The van der Waals surface area contributed by atoms with Crippen molar-refractivity contribution in [2.75, 3.05) is 14.2 Å². The van der Waals surface area contributed by atoms with E-state index in [-0.39, 0.29) is 10.9 Å². The molecule has 2 unspecified atom stereocenters. The van der Waals surface area contributed by atoms with Gasteiger partial charge in [-0.2, -0.15) is 4.31 Å². The smallest absolute Gasteiger partial charge is 0.243 e. The van der Waals surface area contributed by atoms with Gasteiger partial charge in [0.25, 0.3) is 0 Å². The number of methoxy groups -OCH3 is 1. The predicted octanol–water partition coefficient (Wildman–Crippen LogP) is 1.62. The largest absolute Gasteiger partial charge is 0.497 e. The zero-order chi connectivity index (χ0) is 14.8. The molecule has 1 aliphatic rings. The van der Waals surface area contributed by atoms with Gasteiger partial charge in [-0.25, -0.2) is 8.42 Å². The van der Waals surface area contributed by atoms with E-state index in [2.05, 4.69) is 0 Å². The van der Waals surface area contributed by atoms with Crippen LogP contribution in [-0.2, 0) is 10.0 Å². The molecule has 0 spiro atoms. The summed E-state index contributed by atoms with van der Waals surface area (Å²) in [6.07, 6.45) is 2.66. The molecule has 0 saturated heterocycles. The lowest BCUT2D eigenvalue weighted by atomic mass is 9.93. The van der Waals surface area contributed by atoms with Gasteiger partial charge in [0.1, 0.15) is 5.75 Å². The summed E-state index contributed by atoms with van der Waals surface area (Å²) in [6.45, 7) is 0. The number of aliphatic hydroxyl groups excluding tert-OH is 1. The third-order valence-electron chi connectivity index (χ3n) is 3.88. The third-order valence-corrected chi connectivity index (χ3v) is 5.76. The molecule has 1 aliphatic carbocycles. The fraction of sp³-hybridized carbons (Fsp3) is 0.571. The van der Waals surface area contributed by atoms with Crippen molar-refractivity contribution in [2.24, 2.45) is 0 Å². The second-order valence-electron chi connectivity index (χ2n) is 5.12. The lowest BCUT2D eigenvalue weighted by molar-refractivity contribution is 0.0638. The second-order valence-corrected chi connectivity index (χ2v) is 7.12. The number of nitrogens with zero attached hydrogens (tertiary/aromatic N) is 1. The van der Waals surface area contributed by atoms with Crippen LogP contribution in [0.4, 0.5) is 0 Å². The molecule has 0 bridgehead atoms. The molecule has 2 atom stereocenters. The van der Waals surface area contributed by atoms with Crippen molar-refractivity contribution in [1.82, 2.24) is 4.31 Å². The van der Waals surface area contributed by atoms with Crippen molar-refractivity contribution < 1.29 is 18.3 Å². The van der Waals surface area contributed by atoms with Crippen LogP contribution in [0.1, 0.15) is 25.7 Å². The first-order valence-electron chi connectivity index (χ1n) is 6.77. The van der Waals surface area contributed by atoms with Gasteiger partial charge >= 0.3 is 0 Å². The molecular formula is C14H21NO4S. The second kappa shape index (κ2) is 6.11. The fourth-order valence-corrected chi connectivity index (χ4v) is 4.07. The first-order valence-corrected chi connectivity index (χ1v) is 8.21. The number of ether oxygens (including phenoxy) is 1. The van der Waals surface area contributed by atoms with E-state index >= 15 is 0 Å². The molecule has 0 aromatic heterocycles. The van der Waals surface area contributed by atoms with E-state index in [0.717, 1.165) is 12.8 Å². The highest BCUT2D eigenvalue weighted by molar-refractivity contribution is 7.89. The Kier molecular flexibility index (Phi) is 4.67. The SMILES string of the molecule is COc1cccc(S(=O)(=O)N(C)C2CCCCC2O)c1. The Morgan fingerprint density at radius 1 is 1.30 bits per heavy atom. The molecule has 0 aliphatic heterocycles. The van der Waals surface area contributed by atoms with Gasteiger partial charge in [-0.1, -0.05) is 18.9 Å². The zero-order valence-corrected chi connectivity index (χ0v) is 12.6. The predicted molar refractivity (Wildman–Crippen MR) is 76.2 cm³/mol. The average Bonchev–Trinajstić information content (AvgIpc) is 2.47. The Labute approximate surface area is 120 Å². The number of hydrogen-bond acceptors (Lipinski definition) is 4. The van der Waals surface area contributed by atoms with Gasteiger partial charge < -0.3 is 9.84 Å². The molecule has 1 saturated carbocycles. The van der Waals surface area contributed by atoms with Crippen LogP contribution in [0.3, 0.4) is 0 Å². The maximum atomic E-state index is 12.6. The minimum absolute atomic E-state index is 0.192. The third kappa shape index (κ3) is 2.97. The molecule has 20 heavy (non-hydrogen) atoms. The molecule has 0 radical (unpaired) electrons. The molecule has 0 amide bonds. The zero-order valence-electron chi connectivity index (χ0n) is 11.8. The number of rotatable bonds is 4. The Morgan fingerprint density at radius 3 is 2.65 bits per heavy atom. The van der Waals surface area contributed by atoms with Gasteiger partial charge in [-0.15, -0.1) is 0 Å². The standard InChI is InChI=1S/C14H21NO4S/c1-15(13-8-3-4-9-14(13)16)20(17,18)12-7-5-6-11(10-12)19-2/h5-7,10,13-14,16H,3-4,8-9H2,1-2H3. The Morgan fingerprint density at radius 2 is 2.00 bits per heavy atom. The number of sulfonamides is 1. The highest BCUT2D eigenvalue weighted by Crippen LogP contribution is 2.28. The quantitative estimate of drug-likeness (QED) is 0.917. The number of hydrogen-bond donors (Lipinski definition) is 1. The van der Waals surface area contributed by atoms with E-state index < -0.39 is 16.1 Å². The summed E-state index contributed by atoms with van der Waals surface area (Å²) in [5.74, 6) is 0.503. The Balaban J connectivity index is 2.28. The fourth-order valence-electron chi connectivity index (χ4n) is 2.62. The van der Waals surface area contributed by atoms with Gasteiger partial charge in [-0.05, 0) is 25.0 Å². The van der Waals surface area contributed by atoms with Crippen molar-refractivity contribution in [3.8, 4) is 5.75 Å². The van der Waals surface area contributed by atoms with Crippen LogP contribution in [0.5, 0.6) is 5.75 Å². The van der Waals surface area contributed by atoms with E-state index in [9.17, 15) is 13.5 Å². The van der Waals surface area contributed by atoms with E-state index in [1.54, 1.807) is 18.2 Å². The van der Waals surface area contributed by atoms with Crippen LogP contribution in [0, 0.1) is 0 Å². The summed E-state index contributed by atoms with van der Waals surface area (Å²) in [6, 6.07) is 6.05. The lowest BCUT2D eigenvalue weighted by Gasteiger charge is -2.34. The van der Waals surface area contributed by atoms with E-state index in [0.29, 0.717) is 18.6 Å². The van der Waals surface area contributed by atoms with Crippen LogP contribution in [0.2, 0.25) is 0 Å². The van der Waals surface area contributed by atoms with Crippen LogP contribution < -0.4 is 4.74 Å². The van der Waals surface area contributed by atoms with Crippen molar-refractivity contribution in [2.45, 2.75) is 42.7 Å². The summed E-state index contributed by atoms with van der Waals surface area (Å²) < 4.78 is 31.6. The van der Waals surface area contributed by atoms with Gasteiger partial charge in [0.2, 0.25) is 10.0 Å². The summed E-state index contributed by atoms with van der Waals surface area (Å²) in [5, 5.41) is 10.0. The van der Waals surface area contributed by atoms with Crippen molar-refractivity contribution in [1.29, 1.82) is 0 Å². The first-order chi connectivity index (χ1) is 9.46. The first kappa shape index (κ1) is 15.3. The van der Waals surface area contributed by atoms with Gasteiger partial charge in [-0.3, -0.25) is 0 Å². The number of likely N-dealkylation sites (N-methyl/N-ethyl adjacent to an activating group) is 1. The molecule has 112 valence electrons.